The van der Waals surface area contributed by atoms with E-state index in [9.17, 15) is 42.7 Å². The summed E-state index contributed by atoms with van der Waals surface area (Å²) in [4.78, 5) is 98.8. The van der Waals surface area contributed by atoms with Gasteiger partial charge < -0.3 is 14.3 Å². The summed E-state index contributed by atoms with van der Waals surface area (Å²) in [6.45, 7) is 56.0. The molecule has 0 aliphatic heterocycles. The fourth-order valence-electron chi connectivity index (χ4n) is 11.0. The molecule has 0 bridgehead atoms. The van der Waals surface area contributed by atoms with Crippen LogP contribution in [0, 0.1) is 71.4 Å². The lowest BCUT2D eigenvalue weighted by atomic mass is 9.83. The first-order valence-electron chi connectivity index (χ1n) is 38.7. The Hall–Kier alpha value is -9.93. The molecule has 14 nitrogen and oxygen atoms in total. The van der Waals surface area contributed by atoms with Gasteiger partial charge in [-0.15, -0.1) is 11.3 Å². The molecule has 10 rings (SSSR count). The second kappa shape index (κ2) is 41.4. The quantitative estimate of drug-likeness (QED) is 0.102. The summed E-state index contributed by atoms with van der Waals surface area (Å²) in [6.07, 6.45) is 4.76. The standard InChI is InChI=1S/C19H21NO2.2C15H22O.C14H16N2O.C14H19NO2.C12H15FO.C8H11NOS.CH4/c1-12-7-6-8-13(9-12)16-10-14-17(22-16)11-15(20(14)5)18(21)19(2,3)4;1-11-6-8-13(9-7-11)12(2)10-14(16)15(3,4)5;1-11(2)13-8-6-12(7-9-13)10-14(16)15(3,4)5;1-14(2,3)13(17)11-6-4-7-12(10-11)16-9-5-8-15-16;1-9-6-11(13(17)14(3,4)5)8-12(7-9)15-10(2)16;1-8-5-9(7-10(13)6-8)11(14)12(2,3)4;1-8(2,3)7(10)6-4-11-5-9-6;/h6-11H,1-5H3;6-9,12H,10H2,1-5H3;6-9,11H,10H2,1-5H3;4-10H,1-3H3;6-8H,1-5H3,(H,15,16);5-7H,1-4H3;4-5H,1-3H3;1H4/t;12-;;;;;;/m.1....../s1. The van der Waals surface area contributed by atoms with Gasteiger partial charge in [0.2, 0.25) is 5.91 Å². The molecule has 0 radical (unpaired) electrons. The minimum absolute atomic E-state index is 0. The summed E-state index contributed by atoms with van der Waals surface area (Å²) in [5.41, 5.74) is 14.6. The molecule has 0 fully saturated rings. The van der Waals surface area contributed by atoms with Crippen molar-refractivity contribution in [3.8, 4) is 17.0 Å². The van der Waals surface area contributed by atoms with E-state index >= 15 is 0 Å². The van der Waals surface area contributed by atoms with Crippen molar-refractivity contribution in [3.63, 3.8) is 0 Å². The van der Waals surface area contributed by atoms with Crippen LogP contribution in [-0.2, 0) is 27.9 Å². The van der Waals surface area contributed by atoms with Crippen molar-refractivity contribution in [2.24, 2.45) is 45.0 Å². The number of nitrogens with zero attached hydrogens (tertiary/aromatic N) is 4. The highest BCUT2D eigenvalue weighted by atomic mass is 32.1. The van der Waals surface area contributed by atoms with Gasteiger partial charge in [-0.25, -0.2) is 14.1 Å². The molecule has 1 N–H and O–H groups in total. The van der Waals surface area contributed by atoms with Gasteiger partial charge in [-0.2, -0.15) is 5.10 Å². The van der Waals surface area contributed by atoms with Crippen LogP contribution in [0.4, 0.5) is 10.1 Å². The van der Waals surface area contributed by atoms with Gasteiger partial charge in [0.15, 0.2) is 34.5 Å². The molecule has 1 amide bonds. The van der Waals surface area contributed by atoms with Crippen molar-refractivity contribution in [2.45, 2.75) is 233 Å². The second-order valence-corrected chi connectivity index (χ2v) is 37.5. The number of aryl methyl sites for hydroxylation is 5. The van der Waals surface area contributed by atoms with Crippen LogP contribution in [0.3, 0.4) is 0 Å². The van der Waals surface area contributed by atoms with Crippen molar-refractivity contribution in [2.75, 3.05) is 5.32 Å². The summed E-state index contributed by atoms with van der Waals surface area (Å²) in [6, 6.07) is 48.1. The van der Waals surface area contributed by atoms with E-state index < -0.39 is 16.2 Å². The van der Waals surface area contributed by atoms with Gasteiger partial charge in [0.05, 0.1) is 22.4 Å². The fraction of sp³-hybridized carbons (Fsp3) is 0.429. The lowest BCUT2D eigenvalue weighted by Gasteiger charge is -2.20. The maximum Gasteiger partial charge on any atom is 0.221 e. The molecule has 6 aromatic carbocycles. The van der Waals surface area contributed by atoms with E-state index in [4.69, 9.17) is 4.42 Å². The van der Waals surface area contributed by atoms with E-state index in [1.807, 2.05) is 237 Å². The molecule has 0 aliphatic carbocycles. The number of benzene rings is 6. The molecular weight excluding hydrogens is 1440 g/mol. The molecule has 0 saturated heterocycles. The molecule has 4 aromatic heterocycles. The van der Waals surface area contributed by atoms with E-state index in [-0.39, 0.29) is 69.7 Å². The number of ketones is 7. The number of thiazole rings is 1. The Balaban J connectivity index is 0.000000347. The number of aromatic nitrogens is 4. The first kappa shape index (κ1) is 98.3. The normalized spacial score (nSPS) is 11.8. The Morgan fingerprint density at radius 2 is 1.01 bits per heavy atom. The number of hydrogen-bond acceptors (Lipinski definition) is 12. The predicted molar refractivity (Wildman–Crippen MR) is 471 cm³/mol. The lowest BCUT2D eigenvalue weighted by molar-refractivity contribution is -0.126. The van der Waals surface area contributed by atoms with E-state index in [1.165, 1.54) is 52.6 Å². The van der Waals surface area contributed by atoms with Gasteiger partial charge in [-0.05, 0) is 128 Å². The average molecular weight is 1570 g/mol. The highest BCUT2D eigenvalue weighted by Gasteiger charge is 2.30. The fourth-order valence-corrected chi connectivity index (χ4v) is 11.5. The summed E-state index contributed by atoms with van der Waals surface area (Å²) in [5.74, 6) is 2.27. The number of furan rings is 1. The van der Waals surface area contributed by atoms with Crippen LogP contribution in [0.1, 0.15) is 290 Å². The molecular formula is C98H130FN5O9S. The van der Waals surface area contributed by atoms with E-state index in [2.05, 4.69) is 111 Å². The zero-order chi connectivity index (χ0) is 85.9. The number of fused-ring (bicyclic) bond motifs is 1. The van der Waals surface area contributed by atoms with Crippen LogP contribution < -0.4 is 5.32 Å². The second-order valence-electron chi connectivity index (χ2n) is 36.8. The van der Waals surface area contributed by atoms with Gasteiger partial charge in [-0.1, -0.05) is 264 Å². The number of nitrogens with one attached hydrogen (secondary N) is 1. The van der Waals surface area contributed by atoms with E-state index in [0.717, 1.165) is 50.4 Å². The van der Waals surface area contributed by atoms with Crippen LogP contribution in [0.2, 0.25) is 0 Å². The molecule has 16 heteroatoms. The molecule has 0 unspecified atom stereocenters. The number of carbonyl (C=O) groups is 8. The maximum atomic E-state index is 13.0. The van der Waals surface area contributed by atoms with E-state index in [1.54, 1.807) is 40.8 Å². The van der Waals surface area contributed by atoms with Gasteiger partial charge in [0.25, 0.3) is 0 Å². The molecule has 114 heavy (non-hydrogen) atoms. The SMILES string of the molecule is C.CC(=O)Nc1cc(C)cc(C(=O)C(C)(C)C)c1.CC(C)(C)C(=O)c1cccc(-n2cccn2)c1.CC(C)(C)C(=O)c1cscn1.CC(C)c1ccc(CC(=O)C(C)(C)C)cc1.Cc1cc(F)cc(C(=O)C(C)(C)C)c1.Cc1ccc([C@H](C)CC(=O)C(C)(C)C)cc1.Cc1cccc(-c2cc3c(cc(C(=O)C(C)(C)C)n3C)o2)c1. The zero-order valence-corrected chi connectivity index (χ0v) is 73.9. The third-order valence-electron chi connectivity index (χ3n) is 18.0. The first-order chi connectivity index (χ1) is 51.9. The number of anilines is 1. The minimum Gasteiger partial charge on any atom is -0.454 e. The van der Waals surface area contributed by atoms with Crippen molar-refractivity contribution in [1.29, 1.82) is 0 Å². The summed E-state index contributed by atoms with van der Waals surface area (Å²) < 4.78 is 22.7. The summed E-state index contributed by atoms with van der Waals surface area (Å²) in [5, 5.41) is 8.64. The average Bonchev–Trinajstić information content (AvgIpc) is 1.61. The highest BCUT2D eigenvalue weighted by Crippen LogP contribution is 2.34. The summed E-state index contributed by atoms with van der Waals surface area (Å²) >= 11 is 1.45. The molecule has 4 heterocycles. The van der Waals surface area contributed by atoms with Gasteiger partial charge >= 0.3 is 0 Å². The van der Waals surface area contributed by atoms with Crippen molar-refractivity contribution < 1.29 is 47.2 Å². The largest absolute Gasteiger partial charge is 0.454 e. The van der Waals surface area contributed by atoms with Crippen LogP contribution in [-0.4, -0.2) is 65.7 Å². The van der Waals surface area contributed by atoms with Gasteiger partial charge in [-0.3, -0.25) is 38.4 Å². The molecule has 0 saturated carbocycles. The molecule has 0 spiro atoms. The van der Waals surface area contributed by atoms with Crippen molar-refractivity contribution in [3.05, 3.63) is 248 Å². The Kier molecular flexibility index (Phi) is 35.7. The Bertz CT molecular complexity index is 4830. The number of rotatable bonds is 14. The number of halogens is 1. The molecule has 10 aromatic rings. The minimum atomic E-state index is -0.458. The van der Waals surface area contributed by atoms with Crippen molar-refractivity contribution in [1.82, 2.24) is 19.3 Å². The first-order valence-corrected chi connectivity index (χ1v) is 39.6. The third-order valence-corrected chi connectivity index (χ3v) is 18.6. The number of Topliss-reactive ketones (excluding diaryl/α,β-unsaturated/α-hetero) is 7. The molecule has 1 atom stereocenters. The maximum absolute atomic E-state index is 13.0. The Labute approximate surface area is 685 Å². The van der Waals surface area contributed by atoms with Crippen LogP contribution >= 0.6 is 11.3 Å². The number of carbonyl (C=O) groups excluding carboxylic acids is 8. The molecule has 614 valence electrons. The van der Waals surface area contributed by atoms with Crippen LogP contribution in [0.5, 0.6) is 0 Å². The predicted octanol–water partition coefficient (Wildman–Crippen LogP) is 25.7. The highest BCUT2D eigenvalue weighted by molar-refractivity contribution is 7.07. The van der Waals surface area contributed by atoms with Crippen LogP contribution in [0.25, 0.3) is 28.1 Å². The smallest absolute Gasteiger partial charge is 0.221 e. The van der Waals surface area contributed by atoms with Crippen LogP contribution in [0.15, 0.2) is 179 Å². The summed E-state index contributed by atoms with van der Waals surface area (Å²) in [7, 11) is 1.91. The number of amides is 1. The Morgan fingerprint density at radius 3 is 1.46 bits per heavy atom. The third kappa shape index (κ3) is 31.5. The topological polar surface area (TPSA) is 197 Å². The monoisotopic (exact) mass is 1570 g/mol. The molecule has 0 aliphatic rings. The zero-order valence-electron chi connectivity index (χ0n) is 73.1. The van der Waals surface area contributed by atoms with Crippen molar-refractivity contribution >= 4 is 74.5 Å². The van der Waals surface area contributed by atoms with Gasteiger partial charge in [0.1, 0.15) is 28.8 Å². The number of hydrogen-bond donors (Lipinski definition) is 1. The van der Waals surface area contributed by atoms with Gasteiger partial charge in [0, 0.05) is 123 Å². The Morgan fingerprint density at radius 1 is 0.500 bits per heavy atom. The lowest BCUT2D eigenvalue weighted by Crippen LogP contribution is -2.22. The van der Waals surface area contributed by atoms with E-state index in [0.29, 0.717) is 64.4 Å².